The molecule has 1 atom stereocenters. The van der Waals surface area contributed by atoms with Gasteiger partial charge in [-0.2, -0.15) is 0 Å². The molecule has 3 heterocycles. The van der Waals surface area contributed by atoms with Gasteiger partial charge in [0.2, 0.25) is 5.91 Å². The summed E-state index contributed by atoms with van der Waals surface area (Å²) in [5.41, 5.74) is 0.529. The summed E-state index contributed by atoms with van der Waals surface area (Å²) >= 11 is 0. The number of benzene rings is 1. The van der Waals surface area contributed by atoms with Gasteiger partial charge < -0.3 is 14.7 Å². The van der Waals surface area contributed by atoms with Crippen LogP contribution in [0.15, 0.2) is 46.0 Å². The molecule has 4 rings (SSSR count). The summed E-state index contributed by atoms with van der Waals surface area (Å²) in [7, 11) is 3.15. The van der Waals surface area contributed by atoms with Crippen LogP contribution in [-0.2, 0) is 18.9 Å². The quantitative estimate of drug-likeness (QED) is 0.742. The van der Waals surface area contributed by atoms with Gasteiger partial charge in [0, 0.05) is 65.1 Å². The number of hydrogen-bond acceptors (Lipinski definition) is 5. The van der Waals surface area contributed by atoms with Gasteiger partial charge in [-0.05, 0) is 25.0 Å². The molecule has 1 aromatic carbocycles. The van der Waals surface area contributed by atoms with Crippen molar-refractivity contribution in [2.24, 2.45) is 20.0 Å². The summed E-state index contributed by atoms with van der Waals surface area (Å²) in [5, 5.41) is 0. The summed E-state index contributed by atoms with van der Waals surface area (Å²) in [6, 6.07) is 11.8. The highest BCUT2D eigenvalue weighted by Crippen LogP contribution is 2.24. The molecule has 0 bridgehead atoms. The van der Waals surface area contributed by atoms with Gasteiger partial charge in [0.05, 0.1) is 5.92 Å². The molecule has 1 aromatic heterocycles. The number of anilines is 2. The lowest BCUT2D eigenvalue weighted by Crippen LogP contribution is -2.53. The zero-order valence-electron chi connectivity index (χ0n) is 17.7. The molecule has 2 saturated heterocycles. The lowest BCUT2D eigenvalue weighted by molar-refractivity contribution is -0.136. The van der Waals surface area contributed by atoms with Gasteiger partial charge in [-0.3, -0.25) is 18.7 Å². The number of para-hydroxylation sites is 1. The summed E-state index contributed by atoms with van der Waals surface area (Å²) in [4.78, 5) is 43.9. The first kappa shape index (κ1) is 20.3. The Morgan fingerprint density at radius 1 is 0.900 bits per heavy atom. The molecule has 0 N–H and O–H groups in total. The van der Waals surface area contributed by atoms with Crippen LogP contribution < -0.4 is 21.0 Å². The number of carbonyl (C=O) groups excluding carboxylic acids is 1. The van der Waals surface area contributed by atoms with Gasteiger partial charge in [-0.25, -0.2) is 4.79 Å². The summed E-state index contributed by atoms with van der Waals surface area (Å²) in [5.74, 6) is 0.664. The van der Waals surface area contributed by atoms with E-state index in [4.69, 9.17) is 0 Å². The van der Waals surface area contributed by atoms with E-state index < -0.39 is 0 Å². The number of piperazine rings is 1. The Bertz CT molecular complexity index is 1020. The molecule has 8 heteroatoms. The summed E-state index contributed by atoms with van der Waals surface area (Å²) in [6.45, 7) is 4.37. The standard InChI is InChI=1S/C22H29N5O3/c1-23-19(15-20(28)24(2)22(23)30)27-10-6-7-17(16-27)21(29)26-13-11-25(12-14-26)18-8-4-3-5-9-18/h3-5,8-9,15,17H,6-7,10-14,16H2,1-2H3. The minimum atomic E-state index is -0.344. The first-order valence-electron chi connectivity index (χ1n) is 10.6. The fourth-order valence-electron chi connectivity index (χ4n) is 4.49. The predicted molar refractivity (Wildman–Crippen MR) is 117 cm³/mol. The van der Waals surface area contributed by atoms with Crippen LogP contribution in [0.5, 0.6) is 0 Å². The highest BCUT2D eigenvalue weighted by atomic mass is 16.2. The SMILES string of the molecule is Cn1c(N2CCCC(C(=O)N3CCN(c4ccccc4)CC3)C2)cc(=O)n(C)c1=O. The molecule has 2 aliphatic heterocycles. The fourth-order valence-corrected chi connectivity index (χ4v) is 4.49. The second-order valence-electron chi connectivity index (χ2n) is 8.17. The number of amides is 1. The van der Waals surface area contributed by atoms with Crippen molar-refractivity contribution in [3.05, 3.63) is 57.2 Å². The van der Waals surface area contributed by atoms with Crippen molar-refractivity contribution in [3.63, 3.8) is 0 Å². The minimum Gasteiger partial charge on any atom is -0.368 e. The predicted octanol–water partition coefficient (Wildman–Crippen LogP) is 0.649. The third-order valence-electron chi connectivity index (χ3n) is 6.31. The molecular formula is C22H29N5O3. The van der Waals surface area contributed by atoms with Crippen LogP contribution in [-0.4, -0.2) is 59.2 Å². The molecule has 30 heavy (non-hydrogen) atoms. The number of aromatic nitrogens is 2. The highest BCUT2D eigenvalue weighted by molar-refractivity contribution is 5.80. The van der Waals surface area contributed by atoms with Crippen LogP contribution in [0.3, 0.4) is 0 Å². The first-order chi connectivity index (χ1) is 14.5. The van der Waals surface area contributed by atoms with Crippen molar-refractivity contribution >= 4 is 17.4 Å². The van der Waals surface area contributed by atoms with E-state index in [2.05, 4.69) is 17.0 Å². The lowest BCUT2D eigenvalue weighted by atomic mass is 9.96. The molecule has 2 aliphatic rings. The molecule has 0 aliphatic carbocycles. The van der Waals surface area contributed by atoms with Gasteiger partial charge in [-0.1, -0.05) is 18.2 Å². The van der Waals surface area contributed by atoms with Crippen LogP contribution in [0.25, 0.3) is 0 Å². The van der Waals surface area contributed by atoms with Gasteiger partial charge in [0.25, 0.3) is 5.56 Å². The Hall–Kier alpha value is -3.03. The minimum absolute atomic E-state index is 0.110. The Morgan fingerprint density at radius 2 is 1.60 bits per heavy atom. The maximum atomic E-state index is 13.2. The smallest absolute Gasteiger partial charge is 0.332 e. The van der Waals surface area contributed by atoms with Crippen LogP contribution in [0.2, 0.25) is 0 Å². The Kier molecular flexibility index (Phi) is 5.65. The average molecular weight is 412 g/mol. The topological polar surface area (TPSA) is 70.8 Å². The first-order valence-corrected chi connectivity index (χ1v) is 10.6. The van der Waals surface area contributed by atoms with Crippen molar-refractivity contribution in [1.29, 1.82) is 0 Å². The summed E-state index contributed by atoms with van der Waals surface area (Å²) < 4.78 is 2.59. The van der Waals surface area contributed by atoms with Crippen molar-refractivity contribution in [1.82, 2.24) is 14.0 Å². The number of carbonyl (C=O) groups is 1. The van der Waals surface area contributed by atoms with E-state index in [1.807, 2.05) is 28.0 Å². The Morgan fingerprint density at radius 3 is 2.30 bits per heavy atom. The number of nitrogens with zero attached hydrogens (tertiary/aromatic N) is 5. The third kappa shape index (κ3) is 3.86. The normalized spacial score (nSPS) is 19.8. The average Bonchev–Trinajstić information content (AvgIpc) is 2.80. The zero-order chi connectivity index (χ0) is 21.3. The van der Waals surface area contributed by atoms with Crippen molar-refractivity contribution < 1.29 is 4.79 Å². The second kappa shape index (κ2) is 8.38. The number of rotatable bonds is 3. The zero-order valence-corrected chi connectivity index (χ0v) is 17.7. The van der Waals surface area contributed by atoms with E-state index in [1.54, 1.807) is 7.05 Å². The third-order valence-corrected chi connectivity index (χ3v) is 6.31. The van der Waals surface area contributed by atoms with Crippen LogP contribution in [0.4, 0.5) is 11.5 Å². The molecule has 2 fully saturated rings. The van der Waals surface area contributed by atoms with Gasteiger partial charge in [0.1, 0.15) is 5.82 Å². The van der Waals surface area contributed by atoms with E-state index in [0.29, 0.717) is 25.5 Å². The Balaban J connectivity index is 1.42. The maximum Gasteiger partial charge on any atom is 0.332 e. The van der Waals surface area contributed by atoms with E-state index in [9.17, 15) is 14.4 Å². The molecule has 1 amide bonds. The van der Waals surface area contributed by atoms with Gasteiger partial charge in [-0.15, -0.1) is 0 Å². The van der Waals surface area contributed by atoms with E-state index in [-0.39, 0.29) is 23.1 Å². The number of piperidine rings is 1. The Labute approximate surface area is 175 Å². The molecular weight excluding hydrogens is 382 g/mol. The molecule has 1 unspecified atom stereocenters. The van der Waals surface area contributed by atoms with Gasteiger partial charge >= 0.3 is 5.69 Å². The molecule has 8 nitrogen and oxygen atoms in total. The monoisotopic (exact) mass is 411 g/mol. The lowest BCUT2D eigenvalue weighted by Gasteiger charge is -2.40. The van der Waals surface area contributed by atoms with Crippen molar-refractivity contribution in [3.8, 4) is 0 Å². The fraction of sp³-hybridized carbons (Fsp3) is 0.500. The van der Waals surface area contributed by atoms with Gasteiger partial charge in [0.15, 0.2) is 0 Å². The molecule has 0 saturated carbocycles. The van der Waals surface area contributed by atoms with Crippen molar-refractivity contribution in [2.75, 3.05) is 49.1 Å². The molecule has 0 radical (unpaired) electrons. The molecule has 2 aromatic rings. The second-order valence-corrected chi connectivity index (χ2v) is 8.17. The van der Waals surface area contributed by atoms with Crippen LogP contribution >= 0.6 is 0 Å². The van der Waals surface area contributed by atoms with E-state index in [1.165, 1.54) is 23.4 Å². The van der Waals surface area contributed by atoms with E-state index >= 15 is 0 Å². The molecule has 0 spiro atoms. The van der Waals surface area contributed by atoms with Crippen LogP contribution in [0, 0.1) is 5.92 Å². The van der Waals surface area contributed by atoms with Crippen molar-refractivity contribution in [2.45, 2.75) is 12.8 Å². The highest BCUT2D eigenvalue weighted by Gasteiger charge is 2.32. The maximum absolute atomic E-state index is 13.2. The largest absolute Gasteiger partial charge is 0.368 e. The van der Waals surface area contributed by atoms with E-state index in [0.717, 1.165) is 37.0 Å². The molecule has 160 valence electrons. The number of hydrogen-bond donors (Lipinski definition) is 0. The van der Waals surface area contributed by atoms with Crippen LogP contribution in [0.1, 0.15) is 12.8 Å². The summed E-state index contributed by atoms with van der Waals surface area (Å²) in [6.07, 6.45) is 1.71.